The van der Waals surface area contributed by atoms with Gasteiger partial charge in [0.15, 0.2) is 0 Å². The number of rotatable bonds is 14. The maximum Gasteiger partial charge on any atom is 0.0701 e. The molecule has 0 aromatic rings. The maximum absolute atomic E-state index is 5.48. The van der Waals surface area contributed by atoms with Crippen molar-refractivity contribution in [3.8, 4) is 0 Å². The van der Waals surface area contributed by atoms with Crippen LogP contribution >= 0.6 is 0 Å². The summed E-state index contributed by atoms with van der Waals surface area (Å²) in [5.41, 5.74) is 0. The first-order chi connectivity index (χ1) is 9.43. The highest BCUT2D eigenvalue weighted by molar-refractivity contribution is 4.71. The number of hydrogen-bond acceptors (Lipinski definition) is 4. The van der Waals surface area contributed by atoms with Crippen LogP contribution in [0.2, 0.25) is 0 Å². The van der Waals surface area contributed by atoms with Crippen LogP contribution in [-0.2, 0) is 14.2 Å². The zero-order chi connectivity index (χ0) is 13.6. The minimum atomic E-state index is 0.666. The van der Waals surface area contributed by atoms with Crippen molar-refractivity contribution in [1.29, 1.82) is 0 Å². The predicted octanol–water partition coefficient (Wildman–Crippen LogP) is 2.23. The van der Waals surface area contributed by atoms with E-state index in [2.05, 4.69) is 12.2 Å². The Hall–Kier alpha value is -0.160. The van der Waals surface area contributed by atoms with Crippen LogP contribution in [0.4, 0.5) is 0 Å². The molecule has 0 heterocycles. The summed E-state index contributed by atoms with van der Waals surface area (Å²) in [6.45, 7) is 8.63. The van der Waals surface area contributed by atoms with E-state index in [9.17, 15) is 0 Å². The molecule has 0 aliphatic heterocycles. The topological polar surface area (TPSA) is 39.7 Å². The van der Waals surface area contributed by atoms with E-state index >= 15 is 0 Å². The second-order valence-electron chi connectivity index (χ2n) is 5.19. The largest absolute Gasteiger partial charge is 0.379 e. The van der Waals surface area contributed by atoms with Crippen LogP contribution in [0.1, 0.15) is 39.0 Å². The molecule has 1 fully saturated rings. The van der Waals surface area contributed by atoms with Crippen LogP contribution in [-0.4, -0.2) is 52.7 Å². The Balaban J connectivity index is 1.62. The Labute approximate surface area is 118 Å². The molecule has 0 bridgehead atoms. The van der Waals surface area contributed by atoms with Crippen molar-refractivity contribution in [3.05, 3.63) is 0 Å². The van der Waals surface area contributed by atoms with Crippen molar-refractivity contribution in [2.75, 3.05) is 52.7 Å². The average Bonchev–Trinajstić information content (AvgIpc) is 2.37. The SMILES string of the molecule is CCCCOCCOCCOCCNCC1CCC1. The van der Waals surface area contributed by atoms with E-state index in [1.165, 1.54) is 25.7 Å². The predicted molar refractivity (Wildman–Crippen MR) is 77.6 cm³/mol. The number of unbranched alkanes of at least 4 members (excludes halogenated alkanes) is 1. The lowest BCUT2D eigenvalue weighted by Gasteiger charge is -2.25. The lowest BCUT2D eigenvalue weighted by atomic mass is 9.85. The number of ether oxygens (including phenoxy) is 3. The molecule has 0 aromatic carbocycles. The Kier molecular flexibility index (Phi) is 11.4. The van der Waals surface area contributed by atoms with Crippen LogP contribution < -0.4 is 5.32 Å². The lowest BCUT2D eigenvalue weighted by Crippen LogP contribution is -2.30. The summed E-state index contributed by atoms with van der Waals surface area (Å²) in [4.78, 5) is 0. The molecule has 0 unspecified atom stereocenters. The van der Waals surface area contributed by atoms with Crippen molar-refractivity contribution in [2.45, 2.75) is 39.0 Å². The van der Waals surface area contributed by atoms with E-state index in [1.54, 1.807) is 0 Å². The summed E-state index contributed by atoms with van der Waals surface area (Å²) in [7, 11) is 0. The van der Waals surface area contributed by atoms with Crippen molar-refractivity contribution in [3.63, 3.8) is 0 Å². The van der Waals surface area contributed by atoms with E-state index in [-0.39, 0.29) is 0 Å². The molecule has 0 aromatic heterocycles. The smallest absolute Gasteiger partial charge is 0.0701 e. The molecular formula is C15H31NO3. The molecule has 1 rings (SSSR count). The fraction of sp³-hybridized carbons (Fsp3) is 1.00. The van der Waals surface area contributed by atoms with Crippen molar-refractivity contribution in [1.82, 2.24) is 5.32 Å². The van der Waals surface area contributed by atoms with Crippen LogP contribution in [0.15, 0.2) is 0 Å². The van der Waals surface area contributed by atoms with Gasteiger partial charge in [0.05, 0.1) is 33.0 Å². The lowest BCUT2D eigenvalue weighted by molar-refractivity contribution is 0.0145. The van der Waals surface area contributed by atoms with Gasteiger partial charge in [-0.3, -0.25) is 0 Å². The molecule has 114 valence electrons. The molecule has 1 aliphatic carbocycles. The second-order valence-corrected chi connectivity index (χ2v) is 5.19. The van der Waals surface area contributed by atoms with Crippen LogP contribution in [0, 0.1) is 5.92 Å². The summed E-state index contributed by atoms with van der Waals surface area (Å²) < 4.78 is 16.3. The third kappa shape index (κ3) is 10.3. The highest BCUT2D eigenvalue weighted by Gasteiger charge is 2.15. The molecule has 0 radical (unpaired) electrons. The summed E-state index contributed by atoms with van der Waals surface area (Å²) in [5, 5.41) is 3.43. The van der Waals surface area contributed by atoms with Crippen molar-refractivity contribution >= 4 is 0 Å². The van der Waals surface area contributed by atoms with Gasteiger partial charge in [0.2, 0.25) is 0 Å². The Morgan fingerprint density at radius 1 is 0.895 bits per heavy atom. The van der Waals surface area contributed by atoms with Crippen molar-refractivity contribution < 1.29 is 14.2 Å². The number of hydrogen-bond donors (Lipinski definition) is 1. The average molecular weight is 273 g/mol. The van der Waals surface area contributed by atoms with Gasteiger partial charge < -0.3 is 19.5 Å². The first-order valence-electron chi connectivity index (χ1n) is 7.87. The molecule has 1 N–H and O–H groups in total. The minimum absolute atomic E-state index is 0.666. The molecule has 19 heavy (non-hydrogen) atoms. The van der Waals surface area contributed by atoms with Gasteiger partial charge in [0.25, 0.3) is 0 Å². The molecule has 0 saturated heterocycles. The zero-order valence-corrected chi connectivity index (χ0v) is 12.5. The van der Waals surface area contributed by atoms with Crippen LogP contribution in [0.5, 0.6) is 0 Å². The minimum Gasteiger partial charge on any atom is -0.379 e. The van der Waals surface area contributed by atoms with E-state index in [1.807, 2.05) is 0 Å². The van der Waals surface area contributed by atoms with Gasteiger partial charge in [0.1, 0.15) is 0 Å². The monoisotopic (exact) mass is 273 g/mol. The molecule has 0 amide bonds. The fourth-order valence-corrected chi connectivity index (χ4v) is 1.94. The Bertz CT molecular complexity index is 186. The normalized spacial score (nSPS) is 15.6. The molecule has 4 nitrogen and oxygen atoms in total. The van der Waals surface area contributed by atoms with E-state index < -0.39 is 0 Å². The Morgan fingerprint density at radius 3 is 2.11 bits per heavy atom. The summed E-state index contributed by atoms with van der Waals surface area (Å²) in [5.74, 6) is 0.927. The van der Waals surface area contributed by atoms with Crippen LogP contribution in [0.3, 0.4) is 0 Å². The summed E-state index contributed by atoms with van der Waals surface area (Å²) >= 11 is 0. The highest BCUT2D eigenvalue weighted by atomic mass is 16.5. The first-order valence-corrected chi connectivity index (χ1v) is 7.87. The summed E-state index contributed by atoms with van der Waals surface area (Å²) in [6.07, 6.45) is 6.55. The fourth-order valence-electron chi connectivity index (χ4n) is 1.94. The van der Waals surface area contributed by atoms with Gasteiger partial charge >= 0.3 is 0 Å². The molecule has 4 heteroatoms. The third-order valence-electron chi connectivity index (χ3n) is 3.47. The van der Waals surface area contributed by atoms with Gasteiger partial charge in [-0.15, -0.1) is 0 Å². The molecule has 0 spiro atoms. The highest BCUT2D eigenvalue weighted by Crippen LogP contribution is 2.24. The van der Waals surface area contributed by atoms with Crippen molar-refractivity contribution in [2.24, 2.45) is 5.92 Å². The third-order valence-corrected chi connectivity index (χ3v) is 3.47. The number of nitrogens with one attached hydrogen (secondary N) is 1. The van der Waals surface area contributed by atoms with Crippen LogP contribution in [0.25, 0.3) is 0 Å². The molecule has 0 atom stereocenters. The maximum atomic E-state index is 5.48. The van der Waals surface area contributed by atoms with Gasteiger partial charge in [-0.05, 0) is 31.7 Å². The van der Waals surface area contributed by atoms with Gasteiger partial charge in [-0.2, -0.15) is 0 Å². The Morgan fingerprint density at radius 2 is 1.53 bits per heavy atom. The van der Waals surface area contributed by atoms with Gasteiger partial charge in [-0.1, -0.05) is 19.8 Å². The van der Waals surface area contributed by atoms with E-state index in [0.29, 0.717) is 26.4 Å². The van der Waals surface area contributed by atoms with E-state index in [0.717, 1.165) is 38.6 Å². The van der Waals surface area contributed by atoms with Gasteiger partial charge in [-0.25, -0.2) is 0 Å². The van der Waals surface area contributed by atoms with E-state index in [4.69, 9.17) is 14.2 Å². The molecule has 1 saturated carbocycles. The first kappa shape index (κ1) is 16.9. The zero-order valence-electron chi connectivity index (χ0n) is 12.5. The standard InChI is InChI=1S/C15H31NO3/c1-2-3-8-17-10-12-19-13-11-18-9-7-16-14-15-5-4-6-15/h15-16H,2-14H2,1H3. The summed E-state index contributed by atoms with van der Waals surface area (Å²) in [6, 6.07) is 0. The van der Waals surface area contributed by atoms with Gasteiger partial charge in [0, 0.05) is 13.2 Å². The quantitative estimate of drug-likeness (QED) is 0.493. The molecular weight excluding hydrogens is 242 g/mol. The second kappa shape index (κ2) is 12.9. The molecule has 1 aliphatic rings.